The highest BCUT2D eigenvalue weighted by molar-refractivity contribution is 6.88. The van der Waals surface area contributed by atoms with Gasteiger partial charge < -0.3 is 31.3 Å². The maximum Gasteiger partial charge on any atom is 0.407 e. The zero-order chi connectivity index (χ0) is 31.7. The van der Waals surface area contributed by atoms with Gasteiger partial charge in [0, 0.05) is 19.1 Å². The molecule has 0 saturated heterocycles. The fraction of sp³-hybridized carbons (Fsp3) is 0.962. The number of nitrogens with one attached hydrogen (secondary N) is 1. The Morgan fingerprint density at radius 3 is 1.38 bits per heavy atom. The van der Waals surface area contributed by atoms with Crippen molar-refractivity contribution in [3.8, 4) is 0 Å². The molecule has 0 aliphatic carbocycles. The molecule has 240 valence electrons. The third-order valence-electron chi connectivity index (χ3n) is 5.82. The van der Waals surface area contributed by atoms with E-state index in [4.69, 9.17) is 25.9 Å². The van der Waals surface area contributed by atoms with Gasteiger partial charge in [0.25, 0.3) is 0 Å². The number of methoxy groups -OCH3 is 1. The number of alkyl carbamates (subject to hydrolysis) is 1. The van der Waals surface area contributed by atoms with Crippen molar-refractivity contribution in [2.24, 2.45) is 5.41 Å². The molecular formula is C26H65NO7Si6. The second kappa shape index (κ2) is 15.9. The molecule has 0 aromatic heterocycles. The zero-order valence-electron chi connectivity index (χ0n) is 29.0. The average Bonchev–Trinajstić information content (AvgIpc) is 2.65. The van der Waals surface area contributed by atoms with Crippen molar-refractivity contribution in [3.63, 3.8) is 0 Å². The Bertz CT molecular complexity index is 731. The van der Waals surface area contributed by atoms with Crippen LogP contribution in [-0.2, 0) is 25.9 Å². The maximum atomic E-state index is 12.4. The van der Waals surface area contributed by atoms with Gasteiger partial charge in [-0.15, -0.1) is 0 Å². The first-order valence-corrected chi connectivity index (χ1v) is 33.6. The first-order valence-electron chi connectivity index (χ1n) is 15.0. The molecule has 0 aliphatic rings. The lowest BCUT2D eigenvalue weighted by atomic mass is 9.82. The average molecular weight is 672 g/mol. The maximum absolute atomic E-state index is 12.4. The third kappa shape index (κ3) is 19.5. The monoisotopic (exact) mass is 671 g/mol. The number of amides is 1. The first-order chi connectivity index (χ1) is 17.8. The van der Waals surface area contributed by atoms with Crippen LogP contribution in [0.4, 0.5) is 4.79 Å². The largest absolute Gasteiger partial charge is 0.449 e. The summed E-state index contributed by atoms with van der Waals surface area (Å²) in [4.78, 5) is 12.4. The van der Waals surface area contributed by atoms with Crippen LogP contribution in [-0.4, -0.2) is 83.4 Å². The van der Waals surface area contributed by atoms with E-state index in [0.717, 1.165) is 31.4 Å². The highest BCUT2D eigenvalue weighted by Gasteiger charge is 2.45. The van der Waals surface area contributed by atoms with E-state index in [1.54, 1.807) is 7.11 Å². The second-order valence-electron chi connectivity index (χ2n) is 15.5. The van der Waals surface area contributed by atoms with Crippen molar-refractivity contribution in [2.45, 2.75) is 130 Å². The number of ether oxygens (including phenoxy) is 2. The minimum atomic E-state index is -2.49. The van der Waals surface area contributed by atoms with Crippen LogP contribution in [0.2, 0.25) is 104 Å². The van der Waals surface area contributed by atoms with Gasteiger partial charge >= 0.3 is 23.2 Å². The summed E-state index contributed by atoms with van der Waals surface area (Å²) < 4.78 is 38.8. The van der Waals surface area contributed by atoms with E-state index >= 15 is 0 Å². The Morgan fingerprint density at radius 1 is 0.625 bits per heavy atom. The van der Waals surface area contributed by atoms with Gasteiger partial charge in [0.15, 0.2) is 33.3 Å². The number of carbonyl (C=O) groups excluding carboxylic acids is 1. The Balaban J connectivity index is 6.15. The zero-order valence-corrected chi connectivity index (χ0v) is 35.0. The highest BCUT2D eigenvalue weighted by atomic mass is 28.5. The van der Waals surface area contributed by atoms with Crippen LogP contribution in [0.25, 0.3) is 0 Å². The fourth-order valence-corrected chi connectivity index (χ4v) is 30.5. The lowest BCUT2D eigenvalue weighted by Crippen LogP contribution is -2.53. The summed E-state index contributed by atoms with van der Waals surface area (Å²) in [6.45, 7) is 34.5. The number of carbonyl (C=O) groups is 1. The van der Waals surface area contributed by atoms with Gasteiger partial charge in [-0.3, -0.25) is 0 Å². The summed E-state index contributed by atoms with van der Waals surface area (Å²) in [6.07, 6.45) is 2.18. The number of hydrogen-bond acceptors (Lipinski definition) is 7. The lowest BCUT2D eigenvalue weighted by Gasteiger charge is -2.42. The highest BCUT2D eigenvalue weighted by Crippen LogP contribution is 2.38. The van der Waals surface area contributed by atoms with Gasteiger partial charge in [0.05, 0.1) is 6.61 Å². The van der Waals surface area contributed by atoms with Crippen molar-refractivity contribution in [3.05, 3.63) is 0 Å². The van der Waals surface area contributed by atoms with Crippen LogP contribution in [0.15, 0.2) is 0 Å². The molecule has 0 spiro atoms. The molecule has 0 heterocycles. The summed E-state index contributed by atoms with van der Waals surface area (Å²) in [5.41, 5.74) is -0.354. The first kappa shape index (κ1) is 40.4. The van der Waals surface area contributed by atoms with Gasteiger partial charge in [-0.25, -0.2) is 4.79 Å². The van der Waals surface area contributed by atoms with Crippen LogP contribution in [0.3, 0.4) is 0 Å². The molecular weight excluding hydrogens is 607 g/mol. The van der Waals surface area contributed by atoms with Crippen LogP contribution in [0, 0.1) is 5.41 Å². The van der Waals surface area contributed by atoms with E-state index in [9.17, 15) is 4.79 Å². The van der Waals surface area contributed by atoms with E-state index in [1.807, 2.05) is 6.92 Å². The van der Waals surface area contributed by atoms with Crippen LogP contribution in [0.1, 0.15) is 26.2 Å². The molecule has 1 atom stereocenters. The van der Waals surface area contributed by atoms with Crippen molar-refractivity contribution in [1.29, 1.82) is 0 Å². The Morgan fingerprint density at radius 2 is 1.02 bits per heavy atom. The van der Waals surface area contributed by atoms with Crippen LogP contribution >= 0.6 is 0 Å². The van der Waals surface area contributed by atoms with Gasteiger partial charge in [-0.2, -0.15) is 0 Å². The van der Waals surface area contributed by atoms with Gasteiger partial charge in [0.1, 0.15) is 6.61 Å². The molecule has 1 N–H and O–H groups in total. The number of hydrogen-bond donors (Lipinski definition) is 1. The van der Waals surface area contributed by atoms with Crippen LogP contribution < -0.4 is 5.32 Å². The molecule has 0 aromatic rings. The van der Waals surface area contributed by atoms with E-state index in [-0.39, 0.29) is 11.5 Å². The van der Waals surface area contributed by atoms with Crippen molar-refractivity contribution < 1.29 is 30.7 Å². The molecule has 0 aliphatic heterocycles. The third-order valence-corrected chi connectivity index (χ3v) is 24.9. The molecule has 0 fully saturated rings. The summed E-state index contributed by atoms with van der Waals surface area (Å²) >= 11 is 0. The smallest absolute Gasteiger partial charge is 0.407 e. The molecule has 0 aromatic carbocycles. The lowest BCUT2D eigenvalue weighted by molar-refractivity contribution is 0.00842. The van der Waals surface area contributed by atoms with Gasteiger partial charge in [0.2, 0.25) is 0 Å². The van der Waals surface area contributed by atoms with E-state index < -0.39 is 50.4 Å². The summed E-state index contributed by atoms with van der Waals surface area (Å²) in [5.74, 6) is 0. The van der Waals surface area contributed by atoms with Crippen LogP contribution in [0.5, 0.6) is 0 Å². The Kier molecular flexibility index (Phi) is 16.1. The predicted octanol–water partition coefficient (Wildman–Crippen LogP) is 8.09. The van der Waals surface area contributed by atoms with E-state index in [2.05, 4.69) is 97.0 Å². The van der Waals surface area contributed by atoms with Crippen molar-refractivity contribution in [2.75, 3.05) is 26.9 Å². The van der Waals surface area contributed by atoms with Gasteiger partial charge in [-0.05, 0) is 124 Å². The molecule has 40 heavy (non-hydrogen) atoms. The quantitative estimate of drug-likeness (QED) is 0.131. The molecule has 0 radical (unpaired) electrons. The molecule has 0 bridgehead atoms. The Hall–Kier alpha value is 0.371. The summed E-state index contributed by atoms with van der Waals surface area (Å²) in [7, 11) is -10.4. The standard InChI is InChI=1S/C26H65NO7Si6/c1-17-27-25(28)30-24-26(23-29-2,20-22-40(16,33-37(9,10)11)34-38(12,13)14)19-18-21-39(15,31-35(3,4)5)32-36(6,7)8/h17-24H2,1-16H3,(H,27,28). The summed E-state index contributed by atoms with van der Waals surface area (Å²) in [5, 5.41) is 2.77. The molecule has 0 saturated carbocycles. The van der Waals surface area contributed by atoms with E-state index in [0.29, 0.717) is 19.8 Å². The fourth-order valence-electron chi connectivity index (χ4n) is 5.29. The topological polar surface area (TPSA) is 84.5 Å². The molecule has 0 rings (SSSR count). The molecule has 8 nitrogen and oxygen atoms in total. The van der Waals surface area contributed by atoms with Crippen molar-refractivity contribution in [1.82, 2.24) is 5.32 Å². The Labute approximate surface area is 254 Å². The molecule has 1 unspecified atom stereocenters. The summed E-state index contributed by atoms with van der Waals surface area (Å²) in [6, 6.07) is 1.73. The predicted molar refractivity (Wildman–Crippen MR) is 184 cm³/mol. The minimum absolute atomic E-state index is 0.291. The normalized spacial score (nSPS) is 15.6. The van der Waals surface area contributed by atoms with Crippen molar-refractivity contribution >= 4 is 56.5 Å². The molecule has 1 amide bonds. The second-order valence-corrected chi connectivity index (χ2v) is 41.2. The number of rotatable bonds is 20. The van der Waals surface area contributed by atoms with Gasteiger partial charge in [-0.1, -0.05) is 6.42 Å². The SMILES string of the molecule is CCNC(=O)OCC(CCC[Si](C)(O[Si](C)(C)C)O[Si](C)(C)C)(CC[Si](C)(O[Si](C)(C)C)O[Si](C)(C)C)COC. The molecule has 14 heteroatoms. The van der Waals surface area contributed by atoms with E-state index in [1.165, 1.54) is 0 Å². The minimum Gasteiger partial charge on any atom is -0.449 e.